The number of nitrogens with zero attached hydrogens (tertiary/aromatic N) is 3. The monoisotopic (exact) mass is 358 g/mol. The Morgan fingerprint density at radius 3 is 2.88 bits per heavy atom. The van der Waals surface area contributed by atoms with Gasteiger partial charge in [0.2, 0.25) is 5.91 Å². The van der Waals surface area contributed by atoms with Crippen LogP contribution in [0.1, 0.15) is 5.56 Å². The summed E-state index contributed by atoms with van der Waals surface area (Å²) in [7, 11) is 0. The molecule has 1 heterocycles. The SMILES string of the molecule is O=C(CSCc1cccc(Cl)c1)Nc1ccccc1-n1ccnn1. The van der Waals surface area contributed by atoms with E-state index in [1.165, 1.54) is 0 Å². The van der Waals surface area contributed by atoms with Crippen molar-refractivity contribution in [3.63, 3.8) is 0 Å². The maximum atomic E-state index is 12.2. The van der Waals surface area contributed by atoms with Gasteiger partial charge in [-0.3, -0.25) is 4.79 Å². The lowest BCUT2D eigenvalue weighted by Crippen LogP contribution is -2.16. The number of para-hydroxylation sites is 2. The zero-order valence-electron chi connectivity index (χ0n) is 12.7. The Kier molecular flexibility index (Phi) is 5.51. The molecule has 1 amide bonds. The van der Waals surface area contributed by atoms with E-state index in [1.807, 2.05) is 48.5 Å². The number of carbonyl (C=O) groups excluding carboxylic acids is 1. The lowest BCUT2D eigenvalue weighted by atomic mass is 10.2. The summed E-state index contributed by atoms with van der Waals surface area (Å²) in [4.78, 5) is 12.2. The van der Waals surface area contributed by atoms with E-state index in [4.69, 9.17) is 11.6 Å². The Hall–Kier alpha value is -2.31. The van der Waals surface area contributed by atoms with Crippen molar-refractivity contribution in [2.75, 3.05) is 11.1 Å². The predicted molar refractivity (Wildman–Crippen MR) is 97.6 cm³/mol. The molecule has 0 aliphatic rings. The van der Waals surface area contributed by atoms with Crippen LogP contribution in [0.2, 0.25) is 5.02 Å². The molecule has 2 aromatic carbocycles. The maximum absolute atomic E-state index is 12.2. The molecular weight excluding hydrogens is 344 g/mol. The van der Waals surface area contributed by atoms with Crippen LogP contribution in [0.15, 0.2) is 60.9 Å². The highest BCUT2D eigenvalue weighted by molar-refractivity contribution is 7.99. The number of carbonyl (C=O) groups is 1. The smallest absolute Gasteiger partial charge is 0.234 e. The average Bonchev–Trinajstić information content (AvgIpc) is 3.10. The van der Waals surface area contributed by atoms with Crippen molar-refractivity contribution in [3.05, 3.63) is 71.5 Å². The van der Waals surface area contributed by atoms with Crippen LogP contribution < -0.4 is 5.32 Å². The molecule has 0 saturated heterocycles. The predicted octanol–water partition coefficient (Wildman–Crippen LogP) is 3.79. The van der Waals surface area contributed by atoms with E-state index < -0.39 is 0 Å². The molecule has 5 nitrogen and oxygen atoms in total. The number of anilines is 1. The van der Waals surface area contributed by atoms with Gasteiger partial charge in [0.15, 0.2) is 0 Å². The van der Waals surface area contributed by atoms with Gasteiger partial charge in [0.1, 0.15) is 0 Å². The van der Waals surface area contributed by atoms with Crippen LogP contribution in [-0.2, 0) is 10.5 Å². The molecule has 0 saturated carbocycles. The van der Waals surface area contributed by atoms with Gasteiger partial charge in [-0.15, -0.1) is 16.9 Å². The first-order chi connectivity index (χ1) is 11.7. The minimum absolute atomic E-state index is 0.0606. The summed E-state index contributed by atoms with van der Waals surface area (Å²) in [6, 6.07) is 15.1. The Morgan fingerprint density at radius 1 is 1.21 bits per heavy atom. The van der Waals surface area contributed by atoms with Gasteiger partial charge >= 0.3 is 0 Å². The van der Waals surface area contributed by atoms with Gasteiger partial charge in [-0.1, -0.05) is 41.1 Å². The number of halogens is 1. The number of amides is 1. The highest BCUT2D eigenvalue weighted by Crippen LogP contribution is 2.20. The van der Waals surface area contributed by atoms with Crippen LogP contribution in [0.25, 0.3) is 5.69 Å². The van der Waals surface area contributed by atoms with E-state index in [1.54, 1.807) is 28.8 Å². The number of hydrogen-bond acceptors (Lipinski definition) is 4. The number of benzene rings is 2. The summed E-state index contributed by atoms with van der Waals surface area (Å²) < 4.78 is 1.62. The third-order valence-electron chi connectivity index (χ3n) is 3.24. The highest BCUT2D eigenvalue weighted by Gasteiger charge is 2.09. The van der Waals surface area contributed by atoms with Gasteiger partial charge in [0.05, 0.1) is 29.5 Å². The molecular formula is C17H15ClN4OS. The molecule has 3 aromatic rings. The summed E-state index contributed by atoms with van der Waals surface area (Å²) in [6.45, 7) is 0. The van der Waals surface area contributed by atoms with Crippen LogP contribution in [0.4, 0.5) is 5.69 Å². The fraction of sp³-hybridized carbons (Fsp3) is 0.118. The Balaban J connectivity index is 1.58. The van der Waals surface area contributed by atoms with Crippen LogP contribution >= 0.6 is 23.4 Å². The summed E-state index contributed by atoms with van der Waals surface area (Å²) in [5.74, 6) is 1.03. The Labute approximate surface area is 149 Å². The number of rotatable bonds is 6. The van der Waals surface area contributed by atoms with Gasteiger partial charge in [-0.2, -0.15) is 0 Å². The van der Waals surface area contributed by atoms with Crippen LogP contribution in [0, 0.1) is 0 Å². The van der Waals surface area contributed by atoms with Gasteiger partial charge in [-0.25, -0.2) is 4.68 Å². The molecule has 0 spiro atoms. The second-order valence-corrected chi connectivity index (χ2v) is 6.46. The largest absolute Gasteiger partial charge is 0.323 e. The first kappa shape index (κ1) is 16.5. The molecule has 0 unspecified atom stereocenters. The zero-order chi connectivity index (χ0) is 16.8. The summed E-state index contributed by atoms with van der Waals surface area (Å²) in [5, 5.41) is 11.4. The van der Waals surface area contributed by atoms with Gasteiger partial charge < -0.3 is 5.32 Å². The van der Waals surface area contributed by atoms with Gasteiger partial charge in [-0.05, 0) is 29.8 Å². The third kappa shape index (κ3) is 4.37. The van der Waals surface area contributed by atoms with Crippen molar-refractivity contribution >= 4 is 35.0 Å². The average molecular weight is 359 g/mol. The number of hydrogen-bond donors (Lipinski definition) is 1. The van der Waals surface area contributed by atoms with Crippen molar-refractivity contribution in [1.29, 1.82) is 0 Å². The fourth-order valence-electron chi connectivity index (χ4n) is 2.19. The van der Waals surface area contributed by atoms with E-state index in [0.717, 1.165) is 17.0 Å². The normalized spacial score (nSPS) is 10.5. The second-order valence-electron chi connectivity index (χ2n) is 5.04. The van der Waals surface area contributed by atoms with Crippen LogP contribution in [-0.4, -0.2) is 26.7 Å². The lowest BCUT2D eigenvalue weighted by Gasteiger charge is -2.10. The molecule has 1 aromatic heterocycles. The standard InChI is InChI=1S/C17H15ClN4OS/c18-14-5-3-4-13(10-14)11-24-12-17(23)20-15-6-1-2-7-16(15)22-9-8-19-21-22/h1-10H,11-12H2,(H,20,23). The lowest BCUT2D eigenvalue weighted by molar-refractivity contribution is -0.113. The van der Waals surface area contributed by atoms with E-state index in [9.17, 15) is 4.79 Å². The van der Waals surface area contributed by atoms with E-state index in [0.29, 0.717) is 16.5 Å². The summed E-state index contributed by atoms with van der Waals surface area (Å²) in [5.41, 5.74) is 2.59. The second kappa shape index (κ2) is 7.99. The van der Waals surface area contributed by atoms with Crippen LogP contribution in [0.5, 0.6) is 0 Å². The number of aromatic nitrogens is 3. The molecule has 0 fully saturated rings. The molecule has 122 valence electrons. The molecule has 0 atom stereocenters. The van der Waals surface area contributed by atoms with Crippen molar-refractivity contribution < 1.29 is 4.79 Å². The Morgan fingerprint density at radius 2 is 2.08 bits per heavy atom. The van der Waals surface area contributed by atoms with Gasteiger partial charge in [0.25, 0.3) is 0 Å². The summed E-state index contributed by atoms with van der Waals surface area (Å²) in [6.07, 6.45) is 3.33. The zero-order valence-corrected chi connectivity index (χ0v) is 14.3. The number of thioether (sulfide) groups is 1. The molecule has 24 heavy (non-hydrogen) atoms. The highest BCUT2D eigenvalue weighted by atomic mass is 35.5. The first-order valence-corrected chi connectivity index (χ1v) is 8.83. The molecule has 0 aliphatic heterocycles. The maximum Gasteiger partial charge on any atom is 0.234 e. The molecule has 1 N–H and O–H groups in total. The molecule has 0 bridgehead atoms. The molecule has 0 aliphatic carbocycles. The van der Waals surface area contributed by atoms with Crippen LogP contribution in [0.3, 0.4) is 0 Å². The third-order valence-corrected chi connectivity index (χ3v) is 4.48. The van der Waals surface area contributed by atoms with E-state index in [-0.39, 0.29) is 5.91 Å². The first-order valence-electron chi connectivity index (χ1n) is 7.30. The Bertz CT molecular complexity index is 823. The quantitative estimate of drug-likeness (QED) is 0.728. The molecule has 0 radical (unpaired) electrons. The summed E-state index contributed by atoms with van der Waals surface area (Å²) >= 11 is 7.50. The molecule has 3 rings (SSSR count). The van der Waals surface area contributed by atoms with Crippen molar-refractivity contribution in [2.24, 2.45) is 0 Å². The minimum atomic E-state index is -0.0606. The number of nitrogens with one attached hydrogen (secondary N) is 1. The molecule has 7 heteroatoms. The van der Waals surface area contributed by atoms with E-state index in [2.05, 4.69) is 15.6 Å². The van der Waals surface area contributed by atoms with Gasteiger partial charge in [0, 0.05) is 10.8 Å². The van der Waals surface area contributed by atoms with Crippen molar-refractivity contribution in [2.45, 2.75) is 5.75 Å². The minimum Gasteiger partial charge on any atom is -0.323 e. The topological polar surface area (TPSA) is 59.8 Å². The van der Waals surface area contributed by atoms with Crippen molar-refractivity contribution in [3.8, 4) is 5.69 Å². The fourth-order valence-corrected chi connectivity index (χ4v) is 3.18. The van der Waals surface area contributed by atoms with Crippen molar-refractivity contribution in [1.82, 2.24) is 15.0 Å². The van der Waals surface area contributed by atoms with E-state index >= 15 is 0 Å².